The lowest BCUT2D eigenvalue weighted by Gasteiger charge is -2.40. The molecule has 3 aliphatic rings. The summed E-state index contributed by atoms with van der Waals surface area (Å²) in [5.74, 6) is -0.609. The van der Waals surface area contributed by atoms with Gasteiger partial charge >= 0.3 is 12.4 Å². The van der Waals surface area contributed by atoms with Crippen LogP contribution in [0.4, 0.5) is 23.7 Å². The lowest BCUT2D eigenvalue weighted by molar-refractivity contribution is -0.274. The largest absolute Gasteiger partial charge is 0.573 e. The second kappa shape index (κ2) is 11.0. The molecule has 3 N–H and O–H groups in total. The van der Waals surface area contributed by atoms with E-state index in [0.717, 1.165) is 28.8 Å². The van der Waals surface area contributed by atoms with Gasteiger partial charge < -0.3 is 15.2 Å². The minimum atomic E-state index is -4.81. The number of anilines is 1. The Balaban J connectivity index is 1.20. The van der Waals surface area contributed by atoms with E-state index in [0.29, 0.717) is 17.1 Å². The topological polar surface area (TPSA) is 141 Å². The van der Waals surface area contributed by atoms with Crippen molar-refractivity contribution in [1.29, 1.82) is 0 Å². The van der Waals surface area contributed by atoms with Crippen LogP contribution in [0.25, 0.3) is 0 Å². The summed E-state index contributed by atoms with van der Waals surface area (Å²) in [7, 11) is -3.66. The number of aliphatic imine (C=N–C) groups is 1. The second-order valence-corrected chi connectivity index (χ2v) is 14.0. The minimum absolute atomic E-state index is 0.140. The number of aliphatic hydroxyl groups is 1. The van der Waals surface area contributed by atoms with Gasteiger partial charge in [0.15, 0.2) is 6.23 Å². The Labute approximate surface area is 253 Å². The highest BCUT2D eigenvalue weighted by Crippen LogP contribution is 2.34. The molecule has 3 amide bonds. The number of imide groups is 1. The van der Waals surface area contributed by atoms with Crippen molar-refractivity contribution >= 4 is 33.5 Å². The molecule has 11 nitrogen and oxygen atoms in total. The quantitative estimate of drug-likeness (QED) is 0.397. The highest BCUT2D eigenvalue weighted by molar-refractivity contribution is 7.89. The fourth-order valence-corrected chi connectivity index (χ4v) is 7.50. The molecule has 0 aromatic heterocycles. The molecule has 1 unspecified atom stereocenters. The highest BCUT2D eigenvalue weighted by Gasteiger charge is 2.48. The molecular formula is C29H34F3N5O6S. The van der Waals surface area contributed by atoms with Crippen molar-refractivity contribution in [3.63, 3.8) is 0 Å². The van der Waals surface area contributed by atoms with Gasteiger partial charge in [0.05, 0.1) is 11.3 Å². The van der Waals surface area contributed by atoms with E-state index >= 15 is 0 Å². The van der Waals surface area contributed by atoms with Gasteiger partial charge in [-0.2, -0.15) is 0 Å². The van der Waals surface area contributed by atoms with Crippen molar-refractivity contribution < 1.29 is 41.0 Å². The third kappa shape index (κ3) is 6.00. The number of rotatable bonds is 7. The number of hydrogen-bond acceptors (Lipinski definition) is 8. The fourth-order valence-electron chi connectivity index (χ4n) is 6.04. The molecular weight excluding hydrogens is 603 g/mol. The lowest BCUT2D eigenvalue weighted by Crippen LogP contribution is -2.58. The average Bonchev–Trinajstić information content (AvgIpc) is 3.33. The molecule has 238 valence electrons. The van der Waals surface area contributed by atoms with Crippen LogP contribution >= 0.6 is 0 Å². The van der Waals surface area contributed by atoms with E-state index in [1.807, 2.05) is 13.8 Å². The van der Waals surface area contributed by atoms with E-state index in [2.05, 4.69) is 20.4 Å². The zero-order valence-electron chi connectivity index (χ0n) is 24.7. The van der Waals surface area contributed by atoms with Crippen molar-refractivity contribution in [2.75, 3.05) is 23.7 Å². The molecule has 15 heteroatoms. The van der Waals surface area contributed by atoms with E-state index < -0.39 is 45.6 Å². The van der Waals surface area contributed by atoms with E-state index in [1.165, 1.54) is 21.3 Å². The first-order chi connectivity index (χ1) is 20.4. The highest BCUT2D eigenvalue weighted by atomic mass is 32.2. The number of urea groups is 1. The van der Waals surface area contributed by atoms with Gasteiger partial charge in [-0.05, 0) is 100 Å². The summed E-state index contributed by atoms with van der Waals surface area (Å²) in [6, 6.07) is 8.15. The molecule has 2 aromatic carbocycles. The molecule has 0 aliphatic carbocycles. The standard InChI is InChI=1S/C29H34F3N5O6S/c1-17-15-20(37-26(40)34-24(38)27(37,3)4)16-18(2)22(17)9-14-44(41,42)36-12-10-28(11-13-36)25(39)33-23(35-28)19-5-7-21(8-6-19)43-29(30,31)32/h5-8,15-16,25,39H,9-14H2,1-4H3,(H,33,35)(H,34,38,40). The van der Waals surface area contributed by atoms with Crippen LogP contribution in [-0.2, 0) is 21.2 Å². The summed E-state index contributed by atoms with van der Waals surface area (Å²) in [5.41, 5.74) is 1.50. The van der Waals surface area contributed by atoms with Crippen LogP contribution in [0.15, 0.2) is 41.4 Å². The van der Waals surface area contributed by atoms with Gasteiger partial charge in [0, 0.05) is 24.3 Å². The van der Waals surface area contributed by atoms with Gasteiger partial charge in [0.1, 0.15) is 17.1 Å². The normalized spacial score (nSPS) is 21.8. The van der Waals surface area contributed by atoms with Crippen molar-refractivity contribution in [2.45, 2.75) is 70.6 Å². The minimum Gasteiger partial charge on any atom is -0.406 e. The summed E-state index contributed by atoms with van der Waals surface area (Å²) < 4.78 is 69.4. The second-order valence-electron chi connectivity index (χ2n) is 11.9. The number of hydrogen-bond donors (Lipinski definition) is 3. The fraction of sp³-hybridized carbons (Fsp3) is 0.483. The van der Waals surface area contributed by atoms with Gasteiger partial charge in [0.25, 0.3) is 5.91 Å². The Bertz CT molecular complexity index is 1590. The number of aryl methyl sites for hydroxylation is 2. The number of sulfonamides is 1. The van der Waals surface area contributed by atoms with Crippen LogP contribution in [0.5, 0.6) is 5.75 Å². The van der Waals surface area contributed by atoms with Crippen molar-refractivity contribution in [3.05, 3.63) is 58.7 Å². The maximum Gasteiger partial charge on any atom is 0.573 e. The number of nitrogens with one attached hydrogen (secondary N) is 2. The predicted molar refractivity (Wildman–Crippen MR) is 156 cm³/mol. The zero-order valence-corrected chi connectivity index (χ0v) is 25.5. The number of alkyl halides is 3. The van der Waals surface area contributed by atoms with Crippen LogP contribution in [0.2, 0.25) is 0 Å². The number of ether oxygens (including phenoxy) is 1. The van der Waals surface area contributed by atoms with Gasteiger partial charge in [0.2, 0.25) is 10.0 Å². The first-order valence-corrected chi connectivity index (χ1v) is 15.7. The maximum atomic E-state index is 13.3. The van der Waals surface area contributed by atoms with Crippen LogP contribution in [0.3, 0.4) is 0 Å². The molecule has 44 heavy (non-hydrogen) atoms. The Morgan fingerprint density at radius 3 is 2.18 bits per heavy atom. The molecule has 2 saturated heterocycles. The first kappa shape index (κ1) is 31.7. The molecule has 1 atom stereocenters. The van der Waals surface area contributed by atoms with E-state index in [9.17, 15) is 36.3 Å². The maximum absolute atomic E-state index is 13.3. The smallest absolute Gasteiger partial charge is 0.406 e. The van der Waals surface area contributed by atoms with Crippen molar-refractivity contribution in [1.82, 2.24) is 14.9 Å². The van der Waals surface area contributed by atoms with Crippen LogP contribution in [0, 0.1) is 13.8 Å². The Morgan fingerprint density at radius 1 is 1.07 bits per heavy atom. The Kier molecular flexibility index (Phi) is 7.96. The molecule has 2 fully saturated rings. The summed E-state index contributed by atoms with van der Waals surface area (Å²) in [4.78, 5) is 30.3. The number of benzene rings is 2. The molecule has 3 aliphatic heterocycles. The summed E-state index contributed by atoms with van der Waals surface area (Å²) in [5, 5.41) is 16.3. The number of aliphatic hydroxyl groups excluding tert-OH is 1. The summed E-state index contributed by atoms with van der Waals surface area (Å²) in [6.45, 7) is 7.29. The first-order valence-electron chi connectivity index (χ1n) is 14.1. The Morgan fingerprint density at radius 2 is 1.66 bits per heavy atom. The monoisotopic (exact) mass is 637 g/mol. The Hall–Kier alpha value is -3.69. The van der Waals surface area contributed by atoms with E-state index in [4.69, 9.17) is 0 Å². The van der Waals surface area contributed by atoms with Crippen LogP contribution < -0.4 is 20.3 Å². The van der Waals surface area contributed by atoms with Gasteiger partial charge in [-0.3, -0.25) is 15.0 Å². The molecule has 2 aromatic rings. The van der Waals surface area contributed by atoms with Gasteiger partial charge in [-0.25, -0.2) is 22.5 Å². The number of amides is 3. The number of carbonyl (C=O) groups excluding carboxylic acids is 2. The zero-order chi connectivity index (χ0) is 32.2. The van der Waals surface area contributed by atoms with Crippen LogP contribution in [0.1, 0.15) is 48.9 Å². The molecule has 0 saturated carbocycles. The molecule has 3 heterocycles. The van der Waals surface area contributed by atoms with Crippen molar-refractivity contribution in [2.24, 2.45) is 4.99 Å². The van der Waals surface area contributed by atoms with Crippen molar-refractivity contribution in [3.8, 4) is 5.75 Å². The molecule has 1 spiro atoms. The van der Waals surface area contributed by atoms with Gasteiger partial charge in [-0.1, -0.05) is 0 Å². The third-order valence-electron chi connectivity index (χ3n) is 8.57. The number of carbonyl (C=O) groups is 2. The van der Waals surface area contributed by atoms with E-state index in [1.54, 1.807) is 26.0 Å². The molecule has 5 rings (SSSR count). The number of amidine groups is 1. The average molecular weight is 638 g/mol. The number of nitrogens with zero attached hydrogens (tertiary/aromatic N) is 3. The number of piperidine rings is 1. The lowest BCUT2D eigenvalue weighted by atomic mass is 9.87. The number of halogens is 3. The third-order valence-corrected chi connectivity index (χ3v) is 10.4. The summed E-state index contributed by atoms with van der Waals surface area (Å²) in [6.07, 6.45) is -5.17. The molecule has 0 bridgehead atoms. The summed E-state index contributed by atoms with van der Waals surface area (Å²) >= 11 is 0. The SMILES string of the molecule is Cc1cc(N2C(=O)NC(=O)C2(C)C)cc(C)c1CCS(=O)(=O)N1CCC2(CC1)NC(c1ccc(OC(F)(F)F)cc1)=NC2O. The van der Waals surface area contributed by atoms with E-state index in [-0.39, 0.29) is 43.9 Å². The molecule has 0 radical (unpaired) electrons. The van der Waals surface area contributed by atoms with Gasteiger partial charge in [-0.15, -0.1) is 13.2 Å². The predicted octanol–water partition coefficient (Wildman–Crippen LogP) is 3.11. The van der Waals surface area contributed by atoms with Crippen LogP contribution in [-0.4, -0.2) is 78.1 Å².